The summed E-state index contributed by atoms with van der Waals surface area (Å²) in [4.78, 5) is 84.4. The van der Waals surface area contributed by atoms with Crippen molar-refractivity contribution >= 4 is 64.5 Å². The van der Waals surface area contributed by atoms with E-state index >= 15 is 0 Å². The number of hydrogen-bond donors (Lipinski definition) is 3. The van der Waals surface area contributed by atoms with Crippen LogP contribution in [-0.2, 0) is 18.9 Å². The lowest BCUT2D eigenvalue weighted by molar-refractivity contribution is -0.149. The van der Waals surface area contributed by atoms with E-state index in [0.717, 1.165) is 5.69 Å². The lowest BCUT2D eigenvalue weighted by Gasteiger charge is -2.40. The maximum Gasteiger partial charge on any atom is 0.363 e. The molecule has 3 saturated heterocycles. The SMILES string of the molecule is Cc1ccc2cc(C(=O)N3CC[C@H]4CC[C@@H](C(=O)N5CCOCC5)N4C(=O)[C@@H](NC(=O)c4ccc5ccc(C(F)P(=O)(O)O)cc5c4)C3)cc(Cl)c2n1. The molecule has 3 aliphatic heterocycles. The first-order chi connectivity index (χ1) is 25.3. The topological polar surface area (TPSA) is 170 Å². The number of benzene rings is 3. The predicted octanol–water partition coefficient (Wildman–Crippen LogP) is 4.36. The third kappa shape index (κ3) is 7.52. The monoisotopic (exact) mass is 765 g/mol. The van der Waals surface area contributed by atoms with E-state index in [1.165, 1.54) is 35.2 Å². The number of morpholine rings is 1. The van der Waals surface area contributed by atoms with Gasteiger partial charge >= 0.3 is 7.60 Å². The van der Waals surface area contributed by atoms with Crippen molar-refractivity contribution in [1.29, 1.82) is 0 Å². The number of carbonyl (C=O) groups excluding carboxylic acids is 4. The fourth-order valence-corrected chi connectivity index (χ4v) is 8.31. The zero-order valence-corrected chi connectivity index (χ0v) is 30.4. The van der Waals surface area contributed by atoms with Crippen LogP contribution in [0.1, 0.15) is 57.1 Å². The van der Waals surface area contributed by atoms with Crippen LogP contribution in [0.5, 0.6) is 0 Å². The third-order valence-electron chi connectivity index (χ3n) is 10.2. The first-order valence-corrected chi connectivity index (χ1v) is 19.4. The number of aromatic nitrogens is 1. The van der Waals surface area contributed by atoms with Gasteiger partial charge in [-0.25, -0.2) is 4.39 Å². The largest absolute Gasteiger partial charge is 0.378 e. The molecule has 16 heteroatoms. The van der Waals surface area contributed by atoms with Crippen molar-refractivity contribution in [1.82, 2.24) is 25.0 Å². The van der Waals surface area contributed by atoms with Crippen molar-refractivity contribution < 1.29 is 42.7 Å². The Balaban J connectivity index is 1.20. The van der Waals surface area contributed by atoms with Gasteiger partial charge in [-0.3, -0.25) is 28.7 Å². The summed E-state index contributed by atoms with van der Waals surface area (Å²) in [7, 11) is -5.07. The van der Waals surface area contributed by atoms with E-state index in [1.807, 2.05) is 19.1 Å². The number of hydrogen-bond acceptors (Lipinski definition) is 7. The smallest absolute Gasteiger partial charge is 0.363 e. The summed E-state index contributed by atoms with van der Waals surface area (Å²) in [6, 6.07) is 13.1. The predicted molar refractivity (Wildman–Crippen MR) is 194 cm³/mol. The van der Waals surface area contributed by atoms with Crippen LogP contribution in [0.25, 0.3) is 21.7 Å². The zero-order chi connectivity index (χ0) is 37.6. The summed E-state index contributed by atoms with van der Waals surface area (Å²) in [6.45, 7) is 3.51. The minimum atomic E-state index is -5.07. The van der Waals surface area contributed by atoms with E-state index in [2.05, 4.69) is 10.3 Å². The molecule has 53 heavy (non-hydrogen) atoms. The lowest BCUT2D eigenvalue weighted by atomic mass is 10.0. The first kappa shape index (κ1) is 36.9. The van der Waals surface area contributed by atoms with Crippen molar-refractivity contribution in [2.24, 2.45) is 0 Å². The molecule has 0 bridgehead atoms. The summed E-state index contributed by atoms with van der Waals surface area (Å²) in [5, 5.41) is 4.72. The van der Waals surface area contributed by atoms with Crippen LogP contribution in [-0.4, -0.2) is 111 Å². The maximum absolute atomic E-state index is 14.6. The molecule has 1 aromatic heterocycles. The molecular weight excluding hydrogens is 728 g/mol. The Hall–Kier alpha value is -4.46. The van der Waals surface area contributed by atoms with E-state index in [0.29, 0.717) is 77.8 Å². The highest BCUT2D eigenvalue weighted by Crippen LogP contribution is 2.53. The molecule has 4 atom stereocenters. The Kier molecular flexibility index (Phi) is 10.3. The van der Waals surface area contributed by atoms with E-state index in [9.17, 15) is 37.9 Å². The van der Waals surface area contributed by atoms with Crippen LogP contribution in [0, 0.1) is 6.92 Å². The number of amides is 4. The minimum absolute atomic E-state index is 0.0944. The molecule has 7 rings (SSSR count). The van der Waals surface area contributed by atoms with Crippen molar-refractivity contribution in [2.75, 3.05) is 39.4 Å². The zero-order valence-electron chi connectivity index (χ0n) is 28.8. The molecule has 278 valence electrons. The molecule has 3 aliphatic rings. The van der Waals surface area contributed by atoms with Gasteiger partial charge < -0.3 is 34.5 Å². The second-order valence-electron chi connectivity index (χ2n) is 13.7. The van der Waals surface area contributed by atoms with Crippen molar-refractivity contribution in [3.63, 3.8) is 0 Å². The number of nitrogens with zero attached hydrogens (tertiary/aromatic N) is 4. The van der Waals surface area contributed by atoms with Crippen molar-refractivity contribution in [3.05, 3.63) is 88.1 Å². The van der Waals surface area contributed by atoms with Gasteiger partial charge in [0.25, 0.3) is 11.8 Å². The molecule has 4 amide bonds. The van der Waals surface area contributed by atoms with Gasteiger partial charge in [0.2, 0.25) is 17.7 Å². The fourth-order valence-electron chi connectivity index (χ4n) is 7.49. The van der Waals surface area contributed by atoms with E-state index in [1.54, 1.807) is 28.0 Å². The van der Waals surface area contributed by atoms with Gasteiger partial charge in [-0.1, -0.05) is 35.9 Å². The molecule has 0 radical (unpaired) electrons. The van der Waals surface area contributed by atoms with E-state index in [4.69, 9.17) is 16.3 Å². The molecule has 4 heterocycles. The first-order valence-electron chi connectivity index (χ1n) is 17.4. The van der Waals surface area contributed by atoms with Crippen LogP contribution in [0.3, 0.4) is 0 Å². The van der Waals surface area contributed by atoms with Gasteiger partial charge in [0, 0.05) is 47.9 Å². The molecule has 0 spiro atoms. The highest BCUT2D eigenvalue weighted by molar-refractivity contribution is 7.51. The number of carbonyl (C=O) groups is 4. The average Bonchev–Trinajstić information content (AvgIpc) is 3.57. The molecule has 0 aliphatic carbocycles. The fraction of sp³-hybridized carbons (Fsp3) is 0.378. The van der Waals surface area contributed by atoms with Gasteiger partial charge in [0.15, 0.2) is 0 Å². The van der Waals surface area contributed by atoms with Gasteiger partial charge in [0.05, 0.1) is 30.3 Å². The molecule has 3 fully saturated rings. The number of pyridine rings is 1. The highest BCUT2D eigenvalue weighted by atomic mass is 35.5. The van der Waals surface area contributed by atoms with Gasteiger partial charge in [0.1, 0.15) is 12.1 Å². The van der Waals surface area contributed by atoms with Crippen LogP contribution >= 0.6 is 19.2 Å². The lowest BCUT2D eigenvalue weighted by Crippen LogP contribution is -2.61. The average molecular weight is 766 g/mol. The Morgan fingerprint density at radius 3 is 2.40 bits per heavy atom. The molecule has 13 nitrogen and oxygen atoms in total. The highest BCUT2D eigenvalue weighted by Gasteiger charge is 2.46. The standard InChI is InChI=1S/C37H38ClFN5O8P/c1-21-2-3-23-16-27(19-29(38)32(23)40-21)35(46)43-11-10-28-8-9-31(37(48)42-12-14-52-15-13-42)44(28)36(47)30(20-43)41-34(45)25-7-5-22-4-6-24(17-26(22)18-25)33(39)53(49,50)51/h2-7,16-19,28,30-31,33H,8-15,20H2,1H3,(H,41,45)(H2,49,50,51)/t28-,30+,31+,33?/m1/s1. The molecule has 3 aromatic carbocycles. The molecule has 0 saturated carbocycles. The second-order valence-corrected chi connectivity index (χ2v) is 15.8. The van der Waals surface area contributed by atoms with Crippen LogP contribution in [0.15, 0.2) is 60.7 Å². The van der Waals surface area contributed by atoms with Crippen LogP contribution in [0.2, 0.25) is 5.02 Å². The van der Waals surface area contributed by atoms with Crippen molar-refractivity contribution in [2.45, 2.75) is 50.2 Å². The number of halogens is 2. The van der Waals surface area contributed by atoms with E-state index in [-0.39, 0.29) is 36.2 Å². The van der Waals surface area contributed by atoms with Gasteiger partial charge in [-0.2, -0.15) is 0 Å². The number of rotatable bonds is 6. The number of nitrogens with one attached hydrogen (secondary N) is 1. The van der Waals surface area contributed by atoms with E-state index < -0.39 is 43.3 Å². The molecule has 1 unspecified atom stereocenters. The normalized spacial score (nSPS) is 21.6. The number of fused-ring (bicyclic) bond motifs is 3. The second kappa shape index (κ2) is 14.8. The third-order valence-corrected chi connectivity index (χ3v) is 11.4. The number of aryl methyl sites for hydroxylation is 1. The van der Waals surface area contributed by atoms with Gasteiger partial charge in [-0.15, -0.1) is 0 Å². The van der Waals surface area contributed by atoms with Crippen molar-refractivity contribution in [3.8, 4) is 0 Å². The quantitative estimate of drug-likeness (QED) is 0.242. The van der Waals surface area contributed by atoms with Gasteiger partial charge in [-0.05, 0) is 78.9 Å². The molecule has 4 aromatic rings. The Morgan fingerprint density at radius 2 is 1.64 bits per heavy atom. The van der Waals surface area contributed by atoms with Crippen LogP contribution < -0.4 is 5.32 Å². The molecular formula is C37H38ClFN5O8P. The number of ether oxygens (including phenoxy) is 1. The summed E-state index contributed by atoms with van der Waals surface area (Å²) < 4.78 is 31.6. The Bertz CT molecular complexity index is 2180. The minimum Gasteiger partial charge on any atom is -0.378 e. The maximum atomic E-state index is 14.6. The Labute approximate surface area is 309 Å². The summed E-state index contributed by atoms with van der Waals surface area (Å²) in [5.74, 6) is -4.27. The van der Waals surface area contributed by atoms with Crippen LogP contribution in [0.4, 0.5) is 4.39 Å². The Morgan fingerprint density at radius 1 is 0.925 bits per heavy atom. The summed E-state index contributed by atoms with van der Waals surface area (Å²) >= 11 is 6.58. The number of alkyl halides is 1. The molecule has 3 N–H and O–H groups in total. The summed E-state index contributed by atoms with van der Waals surface area (Å²) in [5.41, 5.74) is 1.47. The summed E-state index contributed by atoms with van der Waals surface area (Å²) in [6.07, 6.45) is 1.40.